The van der Waals surface area contributed by atoms with E-state index >= 15 is 0 Å². The number of nitrogens with zero attached hydrogens (tertiary/aromatic N) is 1. The van der Waals surface area contributed by atoms with E-state index in [1.54, 1.807) is 0 Å². The Morgan fingerprint density at radius 1 is 0.920 bits per heavy atom. The third-order valence-electron chi connectivity index (χ3n) is 5.59. The summed E-state index contributed by atoms with van der Waals surface area (Å²) in [4.78, 5) is 4.56. The van der Waals surface area contributed by atoms with Gasteiger partial charge >= 0.3 is 0 Å². The number of benzene rings is 1. The van der Waals surface area contributed by atoms with Gasteiger partial charge in [0.2, 0.25) is 0 Å². The fourth-order valence-electron chi connectivity index (χ4n) is 3.95. The van der Waals surface area contributed by atoms with Gasteiger partial charge in [0.15, 0.2) is 0 Å². The largest absolute Gasteiger partial charge is 0.381 e. The Morgan fingerprint density at radius 3 is 2.48 bits per heavy atom. The summed E-state index contributed by atoms with van der Waals surface area (Å²) in [6.45, 7) is 0. The molecule has 25 heavy (non-hydrogen) atoms. The second-order valence-electron chi connectivity index (χ2n) is 7.46. The number of hydrogen-bond donors (Lipinski definition) is 2. The number of pyridine rings is 1. The van der Waals surface area contributed by atoms with Crippen LogP contribution in [0, 0.1) is 0 Å². The zero-order valence-electron chi connectivity index (χ0n) is 14.5. The molecule has 1 aromatic heterocycles. The van der Waals surface area contributed by atoms with E-state index in [-0.39, 0.29) is 0 Å². The van der Waals surface area contributed by atoms with Crippen molar-refractivity contribution in [1.82, 2.24) is 4.98 Å². The quantitative estimate of drug-likeness (QED) is 0.707. The molecule has 2 aromatic rings. The maximum absolute atomic E-state index is 6.17. The van der Waals surface area contributed by atoms with Crippen LogP contribution < -0.4 is 10.6 Å². The highest BCUT2D eigenvalue weighted by molar-refractivity contribution is 6.30. The first-order valence-electron chi connectivity index (χ1n) is 9.51. The molecule has 2 aliphatic carbocycles. The summed E-state index contributed by atoms with van der Waals surface area (Å²) in [5.74, 6) is 1.59. The molecule has 0 aliphatic heterocycles. The van der Waals surface area contributed by atoms with Gasteiger partial charge in [0.1, 0.15) is 5.82 Å². The third-order valence-corrected chi connectivity index (χ3v) is 5.82. The second kappa shape index (κ2) is 7.65. The van der Waals surface area contributed by atoms with E-state index in [2.05, 4.69) is 45.9 Å². The van der Waals surface area contributed by atoms with Crippen LogP contribution in [0.25, 0.3) is 0 Å². The predicted octanol–water partition coefficient (Wildman–Crippen LogP) is 5.84. The molecule has 0 saturated heterocycles. The first-order valence-corrected chi connectivity index (χ1v) is 9.88. The molecule has 132 valence electrons. The van der Waals surface area contributed by atoms with Crippen molar-refractivity contribution in [1.29, 1.82) is 0 Å². The Labute approximate surface area is 155 Å². The first-order chi connectivity index (χ1) is 12.3. The lowest BCUT2D eigenvalue weighted by atomic mass is 9.81. The van der Waals surface area contributed by atoms with Crippen LogP contribution in [0.5, 0.6) is 0 Å². The number of hydrogen-bond acceptors (Lipinski definition) is 3. The van der Waals surface area contributed by atoms with Gasteiger partial charge in [-0.1, -0.05) is 30.2 Å². The van der Waals surface area contributed by atoms with Gasteiger partial charge < -0.3 is 10.6 Å². The number of nitrogens with one attached hydrogen (secondary N) is 2. The van der Waals surface area contributed by atoms with Crippen molar-refractivity contribution in [2.24, 2.45) is 0 Å². The van der Waals surface area contributed by atoms with Crippen LogP contribution in [0.3, 0.4) is 0 Å². The van der Waals surface area contributed by atoms with Gasteiger partial charge in [0.25, 0.3) is 0 Å². The van der Waals surface area contributed by atoms with Crippen LogP contribution in [0.2, 0.25) is 5.02 Å². The average molecular weight is 356 g/mol. The van der Waals surface area contributed by atoms with Gasteiger partial charge in [-0.3, -0.25) is 0 Å². The normalized spacial score (nSPS) is 23.7. The van der Waals surface area contributed by atoms with Crippen LogP contribution in [0.15, 0.2) is 42.6 Å². The molecule has 0 amide bonds. The van der Waals surface area contributed by atoms with Crippen molar-refractivity contribution in [2.75, 3.05) is 10.6 Å². The van der Waals surface area contributed by atoms with E-state index < -0.39 is 0 Å². The van der Waals surface area contributed by atoms with Gasteiger partial charge in [0, 0.05) is 17.1 Å². The minimum absolute atomic E-state index is 0.505. The minimum atomic E-state index is 0.505. The predicted molar refractivity (Wildman–Crippen MR) is 106 cm³/mol. The molecule has 2 fully saturated rings. The maximum Gasteiger partial charge on any atom is 0.126 e. The van der Waals surface area contributed by atoms with E-state index in [1.807, 2.05) is 12.3 Å². The first kappa shape index (κ1) is 16.7. The highest BCUT2D eigenvalue weighted by Gasteiger charge is 2.23. The number of halogens is 1. The van der Waals surface area contributed by atoms with Crippen molar-refractivity contribution < 1.29 is 0 Å². The molecule has 2 atom stereocenters. The van der Waals surface area contributed by atoms with E-state index in [0.717, 1.165) is 22.9 Å². The van der Waals surface area contributed by atoms with Crippen LogP contribution in [-0.4, -0.2) is 17.1 Å². The van der Waals surface area contributed by atoms with Crippen molar-refractivity contribution in [2.45, 2.75) is 62.9 Å². The van der Waals surface area contributed by atoms with Crippen LogP contribution >= 0.6 is 11.6 Å². The van der Waals surface area contributed by atoms with E-state index in [4.69, 9.17) is 11.6 Å². The molecule has 1 heterocycles. The Hall–Kier alpha value is -1.74. The standard InChI is InChI=1S/C21H26ClN3/c22-17-6-1-4-15(12-17)16-5-2-9-19(13-16)24-20-10-11-21(23-14-20)25-18-7-3-8-18/h1,4,6,10-12,14,16,18-19,24H,2-3,5,7-9,13H2,(H,23,25). The fraction of sp³-hybridized carbons (Fsp3) is 0.476. The van der Waals surface area contributed by atoms with E-state index in [0.29, 0.717) is 18.0 Å². The van der Waals surface area contributed by atoms with Gasteiger partial charge in [-0.15, -0.1) is 0 Å². The molecule has 1 aromatic carbocycles. The zero-order chi connectivity index (χ0) is 17.1. The molecule has 0 spiro atoms. The highest BCUT2D eigenvalue weighted by atomic mass is 35.5. The summed E-state index contributed by atoms with van der Waals surface area (Å²) in [5.41, 5.74) is 2.49. The van der Waals surface area contributed by atoms with Gasteiger partial charge in [-0.05, 0) is 74.3 Å². The molecule has 4 rings (SSSR count). The summed E-state index contributed by atoms with van der Waals surface area (Å²) in [6.07, 6.45) is 10.7. The minimum Gasteiger partial charge on any atom is -0.381 e. The molecule has 0 radical (unpaired) electrons. The molecule has 2 aliphatic rings. The molecule has 0 bridgehead atoms. The van der Waals surface area contributed by atoms with Crippen molar-refractivity contribution >= 4 is 23.1 Å². The Balaban J connectivity index is 1.35. The van der Waals surface area contributed by atoms with E-state index in [9.17, 15) is 0 Å². The lowest BCUT2D eigenvalue weighted by molar-refractivity contribution is 0.410. The topological polar surface area (TPSA) is 37.0 Å². The monoisotopic (exact) mass is 355 g/mol. The maximum atomic E-state index is 6.17. The number of anilines is 2. The Bertz CT molecular complexity index is 697. The van der Waals surface area contributed by atoms with Gasteiger partial charge in [0.05, 0.1) is 11.9 Å². The summed E-state index contributed by atoms with van der Waals surface area (Å²) >= 11 is 6.17. The second-order valence-corrected chi connectivity index (χ2v) is 7.90. The summed E-state index contributed by atoms with van der Waals surface area (Å²) in [6, 6.07) is 13.7. The molecular formula is C21H26ClN3. The molecule has 3 nitrogen and oxygen atoms in total. The molecule has 2 saturated carbocycles. The van der Waals surface area contributed by atoms with Crippen molar-refractivity contribution in [3.63, 3.8) is 0 Å². The van der Waals surface area contributed by atoms with E-state index in [1.165, 1.54) is 44.1 Å². The Morgan fingerprint density at radius 2 is 1.76 bits per heavy atom. The lowest BCUT2D eigenvalue weighted by Crippen LogP contribution is -2.28. The van der Waals surface area contributed by atoms with Crippen LogP contribution in [0.4, 0.5) is 11.5 Å². The third kappa shape index (κ3) is 4.27. The van der Waals surface area contributed by atoms with Gasteiger partial charge in [-0.2, -0.15) is 0 Å². The summed E-state index contributed by atoms with van der Waals surface area (Å²) in [7, 11) is 0. The smallest absolute Gasteiger partial charge is 0.126 e. The summed E-state index contributed by atoms with van der Waals surface area (Å²) in [5, 5.41) is 8.01. The van der Waals surface area contributed by atoms with Crippen molar-refractivity contribution in [3.8, 4) is 0 Å². The highest BCUT2D eigenvalue weighted by Crippen LogP contribution is 2.35. The average Bonchev–Trinajstić information content (AvgIpc) is 2.60. The zero-order valence-corrected chi connectivity index (χ0v) is 15.3. The fourth-order valence-corrected chi connectivity index (χ4v) is 4.14. The number of rotatable bonds is 5. The molecule has 2 unspecified atom stereocenters. The summed E-state index contributed by atoms with van der Waals surface area (Å²) < 4.78 is 0. The molecular weight excluding hydrogens is 330 g/mol. The van der Waals surface area contributed by atoms with Crippen molar-refractivity contribution in [3.05, 3.63) is 53.2 Å². The molecule has 2 N–H and O–H groups in total. The van der Waals surface area contributed by atoms with Crippen LogP contribution in [-0.2, 0) is 0 Å². The SMILES string of the molecule is Clc1cccc(C2CCCC(Nc3ccc(NC4CCC4)nc3)C2)c1. The lowest BCUT2D eigenvalue weighted by Gasteiger charge is -2.31. The molecule has 4 heteroatoms. The van der Waals surface area contributed by atoms with Gasteiger partial charge in [-0.25, -0.2) is 4.98 Å². The van der Waals surface area contributed by atoms with Crippen LogP contribution in [0.1, 0.15) is 56.4 Å². The number of aromatic nitrogens is 1. The Kier molecular flexibility index (Phi) is 5.12.